The summed E-state index contributed by atoms with van der Waals surface area (Å²) in [6, 6.07) is 8.07. The van der Waals surface area contributed by atoms with E-state index in [4.69, 9.17) is 4.74 Å². The third-order valence-electron chi connectivity index (χ3n) is 3.47. The highest BCUT2D eigenvalue weighted by atomic mass is 16.5. The first-order valence-corrected chi connectivity index (χ1v) is 6.71. The maximum absolute atomic E-state index is 9.89. The number of aliphatic hydroxyl groups excluding tert-OH is 1. The summed E-state index contributed by atoms with van der Waals surface area (Å²) in [6.45, 7) is 0.747. The lowest BCUT2D eigenvalue weighted by Crippen LogP contribution is -2.23. The van der Waals surface area contributed by atoms with Crippen LogP contribution in [0.3, 0.4) is 0 Å². The highest BCUT2D eigenvalue weighted by Crippen LogP contribution is 2.26. The number of benzene rings is 1. The number of fused-ring (bicyclic) bond motifs is 1. The maximum Gasteiger partial charge on any atom is 0.119 e. The van der Waals surface area contributed by atoms with Gasteiger partial charge in [0.15, 0.2) is 0 Å². The van der Waals surface area contributed by atoms with Gasteiger partial charge in [-0.05, 0) is 48.6 Å². The van der Waals surface area contributed by atoms with E-state index in [1.165, 1.54) is 24.0 Å². The lowest BCUT2D eigenvalue weighted by Gasteiger charge is -2.13. The fraction of sp³-hybridized carbons (Fsp3) is 0.400. The zero-order valence-electron chi connectivity index (χ0n) is 10.8. The van der Waals surface area contributed by atoms with Crippen molar-refractivity contribution >= 4 is 0 Å². The van der Waals surface area contributed by atoms with Crippen molar-refractivity contribution in [1.29, 1.82) is 0 Å². The summed E-state index contributed by atoms with van der Waals surface area (Å²) in [4.78, 5) is 0. The smallest absolute Gasteiger partial charge is 0.119 e. The van der Waals surface area contributed by atoms with Crippen molar-refractivity contribution in [1.82, 2.24) is 9.78 Å². The van der Waals surface area contributed by atoms with E-state index in [0.717, 1.165) is 12.2 Å². The molecule has 0 saturated carbocycles. The summed E-state index contributed by atoms with van der Waals surface area (Å²) in [5, 5.41) is 13.9. The molecule has 0 fully saturated rings. The summed E-state index contributed by atoms with van der Waals surface area (Å²) in [7, 11) is 0. The number of rotatable bonds is 5. The molecule has 2 aromatic rings. The molecule has 1 aliphatic carbocycles. The summed E-state index contributed by atoms with van der Waals surface area (Å²) < 4.78 is 7.36. The molecule has 0 aliphatic heterocycles. The molecule has 100 valence electrons. The van der Waals surface area contributed by atoms with Gasteiger partial charge in [-0.1, -0.05) is 6.07 Å². The van der Waals surface area contributed by atoms with Crippen LogP contribution in [0.25, 0.3) is 0 Å². The van der Waals surface area contributed by atoms with Crippen molar-refractivity contribution in [3.8, 4) is 5.75 Å². The van der Waals surface area contributed by atoms with Crippen LogP contribution in [0.5, 0.6) is 5.75 Å². The number of aromatic nitrogens is 2. The Morgan fingerprint density at radius 2 is 2.21 bits per heavy atom. The van der Waals surface area contributed by atoms with E-state index < -0.39 is 6.10 Å². The van der Waals surface area contributed by atoms with Crippen LogP contribution in [0, 0.1) is 0 Å². The van der Waals surface area contributed by atoms with Crippen LogP contribution >= 0.6 is 0 Å². The minimum atomic E-state index is -0.548. The number of nitrogens with zero attached hydrogens (tertiary/aromatic N) is 2. The van der Waals surface area contributed by atoms with E-state index in [9.17, 15) is 5.11 Å². The Kier molecular flexibility index (Phi) is 3.51. The molecule has 4 nitrogen and oxygen atoms in total. The molecule has 1 aromatic carbocycles. The SMILES string of the molecule is OC(COc1ccc2c(c1)CCC2)Cn1cccn1. The summed E-state index contributed by atoms with van der Waals surface area (Å²) in [5.74, 6) is 0.847. The van der Waals surface area contributed by atoms with Crippen molar-refractivity contribution in [2.24, 2.45) is 0 Å². The Labute approximate surface area is 112 Å². The first-order chi connectivity index (χ1) is 9.31. The van der Waals surface area contributed by atoms with Crippen molar-refractivity contribution in [2.45, 2.75) is 31.9 Å². The molecule has 19 heavy (non-hydrogen) atoms. The Morgan fingerprint density at radius 1 is 1.32 bits per heavy atom. The van der Waals surface area contributed by atoms with Crippen LogP contribution in [-0.4, -0.2) is 27.6 Å². The van der Waals surface area contributed by atoms with Crippen LogP contribution in [0.15, 0.2) is 36.7 Å². The highest BCUT2D eigenvalue weighted by molar-refractivity contribution is 5.38. The van der Waals surface area contributed by atoms with Gasteiger partial charge in [0.25, 0.3) is 0 Å². The van der Waals surface area contributed by atoms with Gasteiger partial charge in [0.2, 0.25) is 0 Å². The van der Waals surface area contributed by atoms with Gasteiger partial charge in [0.1, 0.15) is 18.5 Å². The summed E-state index contributed by atoms with van der Waals surface area (Å²) >= 11 is 0. The minimum Gasteiger partial charge on any atom is -0.491 e. The summed E-state index contributed by atoms with van der Waals surface area (Å²) in [6.07, 6.45) is 6.54. The lowest BCUT2D eigenvalue weighted by atomic mass is 10.1. The molecular weight excluding hydrogens is 240 g/mol. The number of aryl methyl sites for hydroxylation is 2. The molecule has 0 bridgehead atoms. The molecule has 0 radical (unpaired) electrons. The van der Waals surface area contributed by atoms with Crippen molar-refractivity contribution in [3.05, 3.63) is 47.8 Å². The second kappa shape index (κ2) is 5.45. The van der Waals surface area contributed by atoms with E-state index in [0.29, 0.717) is 13.2 Å². The predicted octanol–water partition coefficient (Wildman–Crippen LogP) is 1.81. The Bertz CT molecular complexity index is 537. The summed E-state index contributed by atoms with van der Waals surface area (Å²) in [5.41, 5.74) is 2.82. The normalized spacial score (nSPS) is 15.2. The van der Waals surface area contributed by atoms with Crippen LogP contribution in [0.2, 0.25) is 0 Å². The molecule has 0 spiro atoms. The highest BCUT2D eigenvalue weighted by Gasteiger charge is 2.12. The van der Waals surface area contributed by atoms with Gasteiger partial charge in [-0.3, -0.25) is 4.68 Å². The quantitative estimate of drug-likeness (QED) is 0.889. The molecule has 1 heterocycles. The van der Waals surface area contributed by atoms with Gasteiger partial charge >= 0.3 is 0 Å². The average molecular weight is 258 g/mol. The van der Waals surface area contributed by atoms with E-state index in [1.54, 1.807) is 10.9 Å². The number of hydrogen-bond donors (Lipinski definition) is 1. The van der Waals surface area contributed by atoms with Crippen molar-refractivity contribution in [3.63, 3.8) is 0 Å². The number of aliphatic hydroxyl groups is 1. The molecule has 4 heteroatoms. The van der Waals surface area contributed by atoms with Gasteiger partial charge in [-0.25, -0.2) is 0 Å². The molecule has 1 aliphatic rings. The van der Waals surface area contributed by atoms with Crippen molar-refractivity contribution in [2.75, 3.05) is 6.61 Å². The molecule has 1 unspecified atom stereocenters. The minimum absolute atomic E-state index is 0.290. The topological polar surface area (TPSA) is 47.3 Å². The first kappa shape index (κ1) is 12.2. The van der Waals surface area contributed by atoms with Gasteiger partial charge in [0.05, 0.1) is 6.54 Å². The first-order valence-electron chi connectivity index (χ1n) is 6.71. The number of hydrogen-bond acceptors (Lipinski definition) is 3. The van der Waals surface area contributed by atoms with Crippen LogP contribution in [0.1, 0.15) is 17.5 Å². The molecule has 0 saturated heterocycles. The Balaban J connectivity index is 1.54. The third-order valence-corrected chi connectivity index (χ3v) is 3.47. The van der Waals surface area contributed by atoms with Gasteiger partial charge in [-0.2, -0.15) is 5.10 Å². The second-order valence-electron chi connectivity index (χ2n) is 4.98. The third kappa shape index (κ3) is 2.96. The van der Waals surface area contributed by atoms with E-state index in [2.05, 4.69) is 17.2 Å². The largest absolute Gasteiger partial charge is 0.491 e. The standard InChI is InChI=1S/C15H18N2O2/c18-14(10-17-8-2-7-16-17)11-19-15-6-5-12-3-1-4-13(12)9-15/h2,5-9,14,18H,1,3-4,10-11H2. The Hall–Kier alpha value is -1.81. The predicted molar refractivity (Wildman–Crippen MR) is 72.2 cm³/mol. The fourth-order valence-electron chi connectivity index (χ4n) is 2.51. The van der Waals surface area contributed by atoms with Crippen molar-refractivity contribution < 1.29 is 9.84 Å². The zero-order valence-corrected chi connectivity index (χ0v) is 10.8. The monoisotopic (exact) mass is 258 g/mol. The van der Waals surface area contributed by atoms with Gasteiger partial charge in [0, 0.05) is 12.4 Å². The fourth-order valence-corrected chi connectivity index (χ4v) is 2.51. The molecule has 1 atom stereocenters. The molecule has 0 amide bonds. The van der Waals surface area contributed by atoms with E-state index in [-0.39, 0.29) is 0 Å². The van der Waals surface area contributed by atoms with Crippen LogP contribution in [-0.2, 0) is 19.4 Å². The van der Waals surface area contributed by atoms with Crippen LogP contribution < -0.4 is 4.74 Å². The molecule has 3 rings (SSSR count). The van der Waals surface area contributed by atoms with Gasteiger partial charge < -0.3 is 9.84 Å². The molecule has 1 N–H and O–H groups in total. The molecule has 1 aromatic heterocycles. The van der Waals surface area contributed by atoms with Crippen LogP contribution in [0.4, 0.5) is 0 Å². The van der Waals surface area contributed by atoms with Gasteiger partial charge in [-0.15, -0.1) is 0 Å². The number of ether oxygens (including phenoxy) is 1. The lowest BCUT2D eigenvalue weighted by molar-refractivity contribution is 0.0893. The zero-order chi connectivity index (χ0) is 13.1. The van der Waals surface area contributed by atoms with E-state index >= 15 is 0 Å². The average Bonchev–Trinajstić information content (AvgIpc) is 3.06. The Morgan fingerprint density at radius 3 is 3.05 bits per heavy atom. The van der Waals surface area contributed by atoms with E-state index in [1.807, 2.05) is 18.3 Å². The maximum atomic E-state index is 9.89. The second-order valence-corrected chi connectivity index (χ2v) is 4.98. The molecular formula is C15H18N2O2.